The summed E-state index contributed by atoms with van der Waals surface area (Å²) in [5.41, 5.74) is 0. The van der Waals surface area contributed by atoms with Crippen LogP contribution in [0.4, 0.5) is 0 Å². The standard InChI is InChI=1S/C13H21NO5P2/c1-4-17-20(15,12-10-8-7-9-11-12)13(14)21(16,18-5-2)19-6-3/h7-11,14H,4-6H2,1-3H3. The molecule has 0 saturated carbocycles. The zero-order chi connectivity index (χ0) is 15.9. The maximum Gasteiger partial charge on any atom is 0.385 e. The molecule has 0 aliphatic carbocycles. The molecular weight excluding hydrogens is 312 g/mol. The molecule has 118 valence electrons. The Bertz CT molecular complexity index is 551. The Balaban J connectivity index is 3.30. The third kappa shape index (κ3) is 4.12. The molecule has 0 heterocycles. The molecule has 0 aromatic heterocycles. The Hall–Kier alpha value is -0.770. The molecule has 1 aromatic carbocycles. The molecule has 1 aromatic rings. The number of hydrogen-bond acceptors (Lipinski definition) is 6. The zero-order valence-corrected chi connectivity index (χ0v) is 14.2. The van der Waals surface area contributed by atoms with Crippen molar-refractivity contribution >= 4 is 25.5 Å². The van der Waals surface area contributed by atoms with Gasteiger partial charge in [-0.2, -0.15) is 0 Å². The Labute approximate surface area is 125 Å². The van der Waals surface area contributed by atoms with Crippen LogP contribution in [0.15, 0.2) is 30.3 Å². The molecule has 1 rings (SSSR count). The maximum absolute atomic E-state index is 13.1. The molecule has 0 fully saturated rings. The number of hydrogen-bond donors (Lipinski definition) is 1. The van der Waals surface area contributed by atoms with Crippen LogP contribution in [0.3, 0.4) is 0 Å². The minimum Gasteiger partial charge on any atom is -0.321 e. The van der Waals surface area contributed by atoms with E-state index in [0.29, 0.717) is 5.30 Å². The molecular formula is C13H21NO5P2. The van der Waals surface area contributed by atoms with Crippen LogP contribution < -0.4 is 5.30 Å². The fraction of sp³-hybridized carbons (Fsp3) is 0.462. The number of rotatable bonds is 9. The van der Waals surface area contributed by atoms with E-state index in [1.54, 1.807) is 51.1 Å². The lowest BCUT2D eigenvalue weighted by Gasteiger charge is -2.24. The van der Waals surface area contributed by atoms with Crippen LogP contribution in [0.1, 0.15) is 20.8 Å². The predicted molar refractivity (Wildman–Crippen MR) is 83.9 cm³/mol. The summed E-state index contributed by atoms with van der Waals surface area (Å²) in [4.78, 5) is 0. The molecule has 6 nitrogen and oxygen atoms in total. The molecule has 0 saturated heterocycles. The van der Waals surface area contributed by atoms with Crippen LogP contribution in [-0.4, -0.2) is 25.0 Å². The number of nitrogens with one attached hydrogen (secondary N) is 1. The molecule has 1 atom stereocenters. The third-order valence-corrected chi connectivity index (χ3v) is 7.94. The zero-order valence-electron chi connectivity index (χ0n) is 12.4. The van der Waals surface area contributed by atoms with E-state index in [-0.39, 0.29) is 19.8 Å². The summed E-state index contributed by atoms with van der Waals surface area (Å²) in [5.74, 6) is 0. The van der Waals surface area contributed by atoms with Gasteiger partial charge in [-0.1, -0.05) is 18.2 Å². The summed E-state index contributed by atoms with van der Waals surface area (Å²) in [6, 6.07) is 8.27. The summed E-state index contributed by atoms with van der Waals surface area (Å²) >= 11 is 0. The van der Waals surface area contributed by atoms with Crippen LogP contribution in [0.25, 0.3) is 0 Å². The highest BCUT2D eigenvalue weighted by Crippen LogP contribution is 2.64. The Morgan fingerprint density at radius 3 is 1.86 bits per heavy atom. The van der Waals surface area contributed by atoms with Gasteiger partial charge in [0.25, 0.3) is 7.37 Å². The predicted octanol–water partition coefficient (Wildman–Crippen LogP) is 3.83. The fourth-order valence-corrected chi connectivity index (χ4v) is 6.32. The summed E-state index contributed by atoms with van der Waals surface area (Å²) in [5, 5.41) is 7.83. The van der Waals surface area contributed by atoms with Crippen molar-refractivity contribution in [2.24, 2.45) is 0 Å². The first kappa shape index (κ1) is 18.3. The van der Waals surface area contributed by atoms with E-state index in [1.165, 1.54) is 0 Å². The molecule has 0 aliphatic heterocycles. The minimum atomic E-state index is -3.93. The van der Waals surface area contributed by atoms with Crippen LogP contribution in [0, 0.1) is 5.41 Å². The van der Waals surface area contributed by atoms with Gasteiger partial charge in [0.05, 0.1) is 19.8 Å². The smallest absolute Gasteiger partial charge is 0.321 e. The van der Waals surface area contributed by atoms with E-state index >= 15 is 0 Å². The second-order valence-corrected chi connectivity index (χ2v) is 8.60. The SMILES string of the molecule is CCOP(=O)(OCC)C(=N)P(=O)(OCC)c1ccccc1. The average molecular weight is 333 g/mol. The Kier molecular flexibility index (Phi) is 6.98. The van der Waals surface area contributed by atoms with Gasteiger partial charge >= 0.3 is 7.60 Å². The third-order valence-electron chi connectivity index (χ3n) is 2.54. The van der Waals surface area contributed by atoms with E-state index in [0.717, 1.165) is 0 Å². The summed E-state index contributed by atoms with van der Waals surface area (Å²) in [7, 11) is -7.71. The average Bonchev–Trinajstić information content (AvgIpc) is 2.48. The molecule has 0 spiro atoms. The van der Waals surface area contributed by atoms with Crippen molar-refractivity contribution in [1.82, 2.24) is 0 Å². The van der Waals surface area contributed by atoms with Crippen molar-refractivity contribution in [3.63, 3.8) is 0 Å². The molecule has 1 unspecified atom stereocenters. The van der Waals surface area contributed by atoms with Gasteiger partial charge in [-0.15, -0.1) is 0 Å². The van der Waals surface area contributed by atoms with Crippen LogP contribution in [0.2, 0.25) is 0 Å². The Morgan fingerprint density at radius 2 is 1.43 bits per heavy atom. The van der Waals surface area contributed by atoms with E-state index in [4.69, 9.17) is 19.0 Å². The lowest BCUT2D eigenvalue weighted by atomic mass is 10.4. The normalized spacial score (nSPS) is 14.6. The monoisotopic (exact) mass is 333 g/mol. The van der Waals surface area contributed by atoms with Crippen molar-refractivity contribution in [3.05, 3.63) is 30.3 Å². The van der Waals surface area contributed by atoms with Gasteiger partial charge in [-0.05, 0) is 32.9 Å². The first-order chi connectivity index (χ1) is 9.94. The van der Waals surface area contributed by atoms with Gasteiger partial charge in [-0.3, -0.25) is 14.5 Å². The highest BCUT2D eigenvalue weighted by atomic mass is 31.2. The molecule has 21 heavy (non-hydrogen) atoms. The summed E-state index contributed by atoms with van der Waals surface area (Å²) in [6.45, 7) is 5.21. The van der Waals surface area contributed by atoms with Crippen LogP contribution >= 0.6 is 15.0 Å². The second kappa shape index (κ2) is 8.02. The first-order valence-electron chi connectivity index (χ1n) is 6.73. The summed E-state index contributed by atoms with van der Waals surface area (Å²) in [6.07, 6.45) is 0. The van der Waals surface area contributed by atoms with Crippen molar-refractivity contribution in [3.8, 4) is 0 Å². The lowest BCUT2D eigenvalue weighted by molar-refractivity contribution is 0.232. The van der Waals surface area contributed by atoms with E-state index < -0.39 is 20.2 Å². The fourth-order valence-electron chi connectivity index (χ4n) is 1.72. The van der Waals surface area contributed by atoms with E-state index in [9.17, 15) is 9.13 Å². The molecule has 0 radical (unpaired) electrons. The van der Waals surface area contributed by atoms with Gasteiger partial charge in [0, 0.05) is 5.30 Å². The topological polar surface area (TPSA) is 85.7 Å². The van der Waals surface area contributed by atoms with Crippen molar-refractivity contribution < 1.29 is 22.7 Å². The molecule has 0 bridgehead atoms. The highest BCUT2D eigenvalue weighted by molar-refractivity contribution is 8.03. The van der Waals surface area contributed by atoms with Crippen molar-refractivity contribution in [2.45, 2.75) is 20.8 Å². The van der Waals surface area contributed by atoms with Gasteiger partial charge in [0.2, 0.25) is 5.19 Å². The lowest BCUT2D eigenvalue weighted by Crippen LogP contribution is -2.17. The van der Waals surface area contributed by atoms with E-state index in [2.05, 4.69) is 0 Å². The summed E-state index contributed by atoms with van der Waals surface area (Å²) < 4.78 is 41.3. The minimum absolute atomic E-state index is 0.0839. The van der Waals surface area contributed by atoms with Gasteiger partial charge in [-0.25, -0.2) is 0 Å². The number of benzene rings is 1. The van der Waals surface area contributed by atoms with Crippen molar-refractivity contribution in [2.75, 3.05) is 19.8 Å². The van der Waals surface area contributed by atoms with Crippen LogP contribution in [0.5, 0.6) is 0 Å². The molecule has 0 aliphatic rings. The largest absolute Gasteiger partial charge is 0.385 e. The second-order valence-electron chi connectivity index (χ2n) is 3.96. The molecule has 1 N–H and O–H groups in total. The van der Waals surface area contributed by atoms with Gasteiger partial charge in [0.15, 0.2) is 0 Å². The molecule has 8 heteroatoms. The molecule has 0 amide bonds. The van der Waals surface area contributed by atoms with Gasteiger partial charge in [0.1, 0.15) is 0 Å². The maximum atomic E-state index is 13.1. The Morgan fingerprint density at radius 1 is 0.952 bits per heavy atom. The van der Waals surface area contributed by atoms with Crippen LogP contribution in [-0.2, 0) is 22.7 Å². The quantitative estimate of drug-likeness (QED) is 0.548. The first-order valence-corrected chi connectivity index (χ1v) is 9.90. The van der Waals surface area contributed by atoms with E-state index in [1.807, 2.05) is 0 Å². The van der Waals surface area contributed by atoms with Crippen molar-refractivity contribution in [1.29, 1.82) is 5.41 Å². The highest BCUT2D eigenvalue weighted by Gasteiger charge is 2.45. The van der Waals surface area contributed by atoms with Gasteiger partial charge < -0.3 is 13.6 Å².